The third-order valence-corrected chi connectivity index (χ3v) is 22.5. The van der Waals surface area contributed by atoms with E-state index >= 15 is 0 Å². The van der Waals surface area contributed by atoms with Crippen LogP contribution in [0.25, 0.3) is 207 Å². The Morgan fingerprint density at radius 3 is 0.991 bits per heavy atom. The fourth-order valence-corrected chi connectivity index (χ4v) is 17.7. The summed E-state index contributed by atoms with van der Waals surface area (Å²) < 4.78 is 13.5. The molecule has 114 heavy (non-hydrogen) atoms. The number of hydrogen-bond acceptors (Lipinski definition) is 2. The molecule has 6 heterocycles. The quantitative estimate of drug-likeness (QED) is 0.142. The second-order valence-electron chi connectivity index (χ2n) is 28.5. The van der Waals surface area contributed by atoms with Crippen molar-refractivity contribution in [2.45, 2.75) is 0 Å². The van der Waals surface area contributed by atoms with Gasteiger partial charge in [-0.15, -0.1) is 0 Å². The van der Waals surface area contributed by atoms with Gasteiger partial charge in [-0.05, 0) is 192 Å². The fourth-order valence-electron chi connectivity index (χ4n) is 17.7. The van der Waals surface area contributed by atoms with Crippen LogP contribution >= 0.6 is 0 Å². The van der Waals surface area contributed by atoms with Crippen LogP contribution < -0.4 is 0 Å². The van der Waals surface area contributed by atoms with E-state index in [1.54, 1.807) is 0 Å². The summed E-state index contributed by atoms with van der Waals surface area (Å²) >= 11 is 0. The molecule has 22 aromatic rings. The molecule has 0 aliphatic carbocycles. The normalized spacial score (nSPS) is 11.5. The summed E-state index contributed by atoms with van der Waals surface area (Å²) in [6, 6.07) is 120. The van der Waals surface area contributed by atoms with E-state index in [1.165, 1.54) is 10.8 Å². The molecule has 0 atom stereocenters. The van der Waals surface area contributed by atoms with Crippen molar-refractivity contribution in [3.05, 3.63) is 397 Å². The minimum absolute atomic E-state index is 0.512. The highest BCUT2D eigenvalue weighted by atomic mass is 15.0. The first-order valence-electron chi connectivity index (χ1n) is 37.3. The first-order chi connectivity index (χ1) is 56.3. The summed E-state index contributed by atoms with van der Waals surface area (Å²) in [6.45, 7) is 31.9. The predicted molar refractivity (Wildman–Crippen MR) is 464 cm³/mol. The molecular formula is C102H56N12. The van der Waals surface area contributed by atoms with Gasteiger partial charge in [0.25, 0.3) is 0 Å². The molecule has 12 heteroatoms. The van der Waals surface area contributed by atoms with E-state index in [0.29, 0.717) is 33.9 Å². The van der Waals surface area contributed by atoms with Crippen LogP contribution in [0.4, 0.5) is 22.7 Å². The lowest BCUT2D eigenvalue weighted by Crippen LogP contribution is -2.02. The second-order valence-corrected chi connectivity index (χ2v) is 28.5. The minimum Gasteiger partial charge on any atom is -0.311 e. The van der Waals surface area contributed by atoms with Crippen LogP contribution in [0.3, 0.4) is 0 Å². The Balaban J connectivity index is 0.000000143. The lowest BCUT2D eigenvalue weighted by molar-refractivity contribution is 1.16. The van der Waals surface area contributed by atoms with Crippen molar-refractivity contribution in [1.29, 1.82) is 10.5 Å². The van der Waals surface area contributed by atoms with Crippen molar-refractivity contribution in [2.75, 3.05) is 0 Å². The number of fused-ring (bicyclic) bond motifs is 18. The lowest BCUT2D eigenvalue weighted by Gasteiger charge is -2.18. The number of rotatable bonds is 8. The van der Waals surface area contributed by atoms with Gasteiger partial charge in [0.05, 0.1) is 121 Å². The standard InChI is InChI=1S/2C51H28N6/c1-52-33-20-23-49-42(29-33)41-15-7-11-19-48(41)56(49)37-27-32(26-35(28-37)54-3)38-12-4-8-16-45(38)57-50-24-21-34(53-2)30-43(50)44-31-36(22-25-51(44)57)55-46-17-9-5-13-39(46)40-14-6-10-18-47(40)55;1-54-35-26-34(27-37(28-35)56-45-17-6-2-12-39(45)40-13-3-7-18-46(40)56)38-16-10-11-33(31-53)51(38)57-48-20-9-5-15-42(48)44-29-36(22-24-50(44)57)55-47-19-8-4-14-41(47)43-25-32(30-52)21-23-49(43)55/h4-31H;2-29H. The zero-order valence-corrected chi connectivity index (χ0v) is 60.7. The second kappa shape index (κ2) is 26.0. The molecule has 0 bridgehead atoms. The molecule has 0 aliphatic rings. The first kappa shape index (κ1) is 65.5. The average molecular weight is 1450 g/mol. The van der Waals surface area contributed by atoms with Crippen molar-refractivity contribution in [2.24, 2.45) is 0 Å². The van der Waals surface area contributed by atoms with Crippen LogP contribution in [0.15, 0.2) is 340 Å². The predicted octanol–water partition coefficient (Wildman–Crippen LogP) is 27.2. The Morgan fingerprint density at radius 1 is 0.219 bits per heavy atom. The zero-order valence-electron chi connectivity index (χ0n) is 60.7. The number of hydrogen-bond donors (Lipinski definition) is 0. The Labute approximate surface area is 652 Å². The van der Waals surface area contributed by atoms with E-state index in [4.69, 9.17) is 26.3 Å². The van der Waals surface area contributed by atoms with Crippen molar-refractivity contribution in [3.63, 3.8) is 0 Å². The Bertz CT molecular complexity index is 8120. The van der Waals surface area contributed by atoms with Crippen LogP contribution in [-0.2, 0) is 0 Å². The van der Waals surface area contributed by atoms with Crippen molar-refractivity contribution in [3.8, 4) is 68.5 Å². The van der Waals surface area contributed by atoms with Crippen molar-refractivity contribution in [1.82, 2.24) is 27.4 Å². The number of benzene rings is 16. The number of para-hydroxylation sites is 9. The van der Waals surface area contributed by atoms with Crippen LogP contribution in [0.1, 0.15) is 11.1 Å². The van der Waals surface area contributed by atoms with Crippen molar-refractivity contribution < 1.29 is 0 Å². The SMILES string of the molecule is [C-]#[N+]c1cc(-c2cccc(C#N)c2-n2c3ccccc3c3cc(-n4c5ccccc5c5cc(C#N)ccc54)ccc32)cc(-n2c3ccccc3c3ccccc32)c1.[C-]#[N+]c1cc(-c2ccccc2-n2c3ccc([N+]#[C-])cc3c3cc(-n4c5ccccc5c5ccccc54)ccc32)cc(-n2c3ccccc3c3cc([N+]#[C-])ccc32)c1. The smallest absolute Gasteiger partial charge is 0.189 e. The third-order valence-electron chi connectivity index (χ3n) is 22.5. The van der Waals surface area contributed by atoms with Crippen LogP contribution in [0.2, 0.25) is 0 Å². The molecule has 0 radical (unpaired) electrons. The highest BCUT2D eigenvalue weighted by molar-refractivity contribution is 6.17. The molecule has 0 amide bonds. The van der Waals surface area contributed by atoms with Gasteiger partial charge in [-0.2, -0.15) is 10.5 Å². The fraction of sp³-hybridized carbons (Fsp3) is 0. The molecule has 0 fully saturated rings. The number of nitrogens with zero attached hydrogens (tertiary/aromatic N) is 12. The summed E-state index contributed by atoms with van der Waals surface area (Å²) in [5.74, 6) is 0. The van der Waals surface area contributed by atoms with Gasteiger partial charge in [-0.3, -0.25) is 0 Å². The molecule has 0 unspecified atom stereocenters. The molecule has 12 nitrogen and oxygen atoms in total. The van der Waals surface area contributed by atoms with E-state index in [0.717, 1.165) is 176 Å². The van der Waals surface area contributed by atoms with Crippen molar-refractivity contribution >= 4 is 154 Å². The van der Waals surface area contributed by atoms with Gasteiger partial charge in [0, 0.05) is 87.7 Å². The Kier molecular flexibility index (Phi) is 15.0. The molecule has 16 aromatic carbocycles. The largest absolute Gasteiger partial charge is 0.311 e. The third kappa shape index (κ3) is 10.0. The Hall–Kier alpha value is -16.7. The maximum absolute atomic E-state index is 10.7. The zero-order chi connectivity index (χ0) is 76.4. The maximum atomic E-state index is 10.7. The number of aromatic nitrogens is 6. The number of nitriles is 2. The highest BCUT2D eigenvalue weighted by Gasteiger charge is 2.25. The topological polar surface area (TPSA) is 94.6 Å². The minimum atomic E-state index is 0.512. The van der Waals surface area contributed by atoms with E-state index in [2.05, 4.69) is 265 Å². The molecule has 0 saturated carbocycles. The summed E-state index contributed by atoms with van der Waals surface area (Å²) in [6.07, 6.45) is 0. The molecule has 6 aromatic heterocycles. The van der Waals surface area contributed by atoms with E-state index in [9.17, 15) is 10.5 Å². The summed E-state index contributed by atoms with van der Waals surface area (Å²) in [5, 5.41) is 33.5. The van der Waals surface area contributed by atoms with Gasteiger partial charge in [-0.25, -0.2) is 19.4 Å². The van der Waals surface area contributed by atoms with Crippen LogP contribution in [-0.4, -0.2) is 27.4 Å². The highest BCUT2D eigenvalue weighted by Crippen LogP contribution is 2.46. The van der Waals surface area contributed by atoms with Crippen LogP contribution in [0, 0.1) is 49.0 Å². The summed E-state index contributed by atoms with van der Waals surface area (Å²) in [4.78, 5) is 15.4. The van der Waals surface area contributed by atoms with E-state index in [-0.39, 0.29) is 0 Å². The molecular weight excluding hydrogens is 1390 g/mol. The Morgan fingerprint density at radius 2 is 0.544 bits per heavy atom. The lowest BCUT2D eigenvalue weighted by atomic mass is 9.98. The molecule has 0 spiro atoms. The first-order valence-corrected chi connectivity index (χ1v) is 37.3. The van der Waals surface area contributed by atoms with Crippen LogP contribution in [0.5, 0.6) is 0 Å². The monoisotopic (exact) mass is 1450 g/mol. The van der Waals surface area contributed by atoms with E-state index < -0.39 is 0 Å². The molecule has 0 saturated heterocycles. The van der Waals surface area contributed by atoms with Gasteiger partial charge >= 0.3 is 0 Å². The van der Waals surface area contributed by atoms with Gasteiger partial charge in [-0.1, -0.05) is 170 Å². The van der Waals surface area contributed by atoms with Gasteiger partial charge < -0.3 is 27.4 Å². The van der Waals surface area contributed by atoms with Gasteiger partial charge in [0.1, 0.15) is 6.07 Å². The maximum Gasteiger partial charge on any atom is 0.189 e. The molecule has 0 N–H and O–H groups in total. The molecule has 22 rings (SSSR count). The van der Waals surface area contributed by atoms with Gasteiger partial charge in [0.15, 0.2) is 22.7 Å². The molecule has 524 valence electrons. The van der Waals surface area contributed by atoms with E-state index in [1.807, 2.05) is 133 Å². The average Bonchev–Trinajstić information content (AvgIpc) is 1.58. The summed E-state index contributed by atoms with van der Waals surface area (Å²) in [7, 11) is 0. The molecule has 0 aliphatic heterocycles. The summed E-state index contributed by atoms with van der Waals surface area (Å²) in [5.41, 5.74) is 24.9. The van der Waals surface area contributed by atoms with Gasteiger partial charge in [0.2, 0.25) is 0 Å².